The van der Waals surface area contributed by atoms with Gasteiger partial charge in [0.2, 0.25) is 5.88 Å². The SMILES string of the molecule is Cc1c(C)n(Cc2ccccc2)c2c(OCc3ccc(F)cc3)nc(C(=O)N3CCOCC3)cc12. The van der Waals surface area contributed by atoms with Gasteiger partial charge in [-0.15, -0.1) is 0 Å². The number of ether oxygens (including phenoxy) is 2. The molecule has 1 fully saturated rings. The van der Waals surface area contributed by atoms with E-state index in [0.29, 0.717) is 44.4 Å². The predicted octanol–water partition coefficient (Wildman–Crippen LogP) is 4.89. The molecule has 1 aliphatic rings. The molecular weight excluding hydrogens is 445 g/mol. The third-order valence-electron chi connectivity index (χ3n) is 6.57. The van der Waals surface area contributed by atoms with Gasteiger partial charge < -0.3 is 18.9 Å². The molecule has 1 saturated heterocycles. The van der Waals surface area contributed by atoms with Crippen LogP contribution in [-0.2, 0) is 17.9 Å². The zero-order valence-corrected chi connectivity index (χ0v) is 20.0. The second-order valence-electron chi connectivity index (χ2n) is 8.81. The molecule has 6 nitrogen and oxygen atoms in total. The van der Waals surface area contributed by atoms with Gasteiger partial charge in [0.15, 0.2) is 0 Å². The van der Waals surface area contributed by atoms with Gasteiger partial charge in [-0.25, -0.2) is 9.37 Å². The molecule has 0 spiro atoms. The minimum atomic E-state index is -0.296. The summed E-state index contributed by atoms with van der Waals surface area (Å²) in [6.45, 7) is 7.13. The van der Waals surface area contributed by atoms with E-state index >= 15 is 0 Å². The average Bonchev–Trinajstić information content (AvgIpc) is 3.13. The van der Waals surface area contributed by atoms with E-state index in [1.807, 2.05) is 24.3 Å². The van der Waals surface area contributed by atoms with Crippen molar-refractivity contribution < 1.29 is 18.7 Å². The summed E-state index contributed by atoms with van der Waals surface area (Å²) in [5, 5.41) is 0.944. The fraction of sp³-hybridized carbons (Fsp3) is 0.286. The molecule has 3 heterocycles. The lowest BCUT2D eigenvalue weighted by Gasteiger charge is -2.26. The summed E-state index contributed by atoms with van der Waals surface area (Å²) >= 11 is 0. The summed E-state index contributed by atoms with van der Waals surface area (Å²) in [6, 6.07) is 18.3. The predicted molar refractivity (Wildman–Crippen MR) is 132 cm³/mol. The number of hydrogen-bond acceptors (Lipinski definition) is 4. The molecule has 2 aromatic carbocycles. The van der Waals surface area contributed by atoms with Crippen molar-refractivity contribution in [1.29, 1.82) is 0 Å². The number of benzene rings is 2. The normalized spacial score (nSPS) is 13.9. The second-order valence-corrected chi connectivity index (χ2v) is 8.81. The average molecular weight is 474 g/mol. The Balaban J connectivity index is 1.59. The number of carbonyl (C=O) groups excluding carboxylic acids is 1. The van der Waals surface area contributed by atoms with Crippen molar-refractivity contribution in [1.82, 2.24) is 14.5 Å². The van der Waals surface area contributed by atoms with Gasteiger partial charge in [-0.1, -0.05) is 42.5 Å². The first-order valence-corrected chi connectivity index (χ1v) is 11.8. The zero-order valence-electron chi connectivity index (χ0n) is 20.0. The quantitative estimate of drug-likeness (QED) is 0.400. The van der Waals surface area contributed by atoms with E-state index in [1.165, 1.54) is 12.1 Å². The zero-order chi connectivity index (χ0) is 24.4. The van der Waals surface area contributed by atoms with Crippen LogP contribution in [0, 0.1) is 19.7 Å². The third kappa shape index (κ3) is 4.77. The number of fused-ring (bicyclic) bond motifs is 1. The molecule has 1 amide bonds. The van der Waals surface area contributed by atoms with Crippen molar-refractivity contribution in [2.75, 3.05) is 26.3 Å². The Morgan fingerprint density at radius 3 is 2.46 bits per heavy atom. The first kappa shape index (κ1) is 23.1. The van der Waals surface area contributed by atoms with E-state index in [4.69, 9.17) is 14.5 Å². The van der Waals surface area contributed by atoms with Gasteiger partial charge in [0, 0.05) is 30.7 Å². The summed E-state index contributed by atoms with van der Waals surface area (Å²) in [5.41, 5.74) is 5.36. The lowest BCUT2D eigenvalue weighted by atomic mass is 10.1. The fourth-order valence-electron chi connectivity index (χ4n) is 4.46. The Morgan fingerprint density at radius 1 is 1.03 bits per heavy atom. The molecule has 0 bridgehead atoms. The van der Waals surface area contributed by atoms with E-state index in [9.17, 15) is 9.18 Å². The first-order chi connectivity index (χ1) is 17.0. The molecule has 0 N–H and O–H groups in total. The molecule has 35 heavy (non-hydrogen) atoms. The van der Waals surface area contributed by atoms with Gasteiger partial charge >= 0.3 is 0 Å². The van der Waals surface area contributed by atoms with Gasteiger partial charge in [0.25, 0.3) is 5.91 Å². The van der Waals surface area contributed by atoms with Crippen molar-refractivity contribution >= 4 is 16.8 Å². The maximum absolute atomic E-state index is 13.4. The number of carbonyl (C=O) groups is 1. The Kier molecular flexibility index (Phi) is 6.51. The van der Waals surface area contributed by atoms with E-state index < -0.39 is 0 Å². The first-order valence-electron chi connectivity index (χ1n) is 11.8. The van der Waals surface area contributed by atoms with Crippen LogP contribution in [0.2, 0.25) is 0 Å². The van der Waals surface area contributed by atoms with E-state index in [-0.39, 0.29) is 18.3 Å². The Labute approximate surface area is 203 Å². The van der Waals surface area contributed by atoms with Gasteiger partial charge in [-0.2, -0.15) is 0 Å². The minimum absolute atomic E-state index is 0.130. The summed E-state index contributed by atoms with van der Waals surface area (Å²) in [6.07, 6.45) is 0. The molecule has 0 saturated carbocycles. The van der Waals surface area contributed by atoms with E-state index in [0.717, 1.165) is 33.3 Å². The summed E-state index contributed by atoms with van der Waals surface area (Å²) in [4.78, 5) is 19.8. The second kappa shape index (κ2) is 9.88. The molecule has 0 aliphatic carbocycles. The van der Waals surface area contributed by atoms with Gasteiger partial charge in [-0.05, 0) is 48.7 Å². The van der Waals surface area contributed by atoms with Crippen LogP contribution in [0.1, 0.15) is 32.9 Å². The van der Waals surface area contributed by atoms with Crippen molar-refractivity contribution in [3.05, 3.63) is 94.6 Å². The van der Waals surface area contributed by atoms with Crippen LogP contribution < -0.4 is 4.74 Å². The summed E-state index contributed by atoms with van der Waals surface area (Å²) in [7, 11) is 0. The molecule has 0 atom stereocenters. The van der Waals surface area contributed by atoms with Crippen molar-refractivity contribution in [2.45, 2.75) is 27.0 Å². The lowest BCUT2D eigenvalue weighted by molar-refractivity contribution is 0.0298. The van der Waals surface area contributed by atoms with Gasteiger partial charge in [-0.3, -0.25) is 4.79 Å². The van der Waals surface area contributed by atoms with Crippen LogP contribution in [0.5, 0.6) is 5.88 Å². The van der Waals surface area contributed by atoms with Gasteiger partial charge in [0.1, 0.15) is 23.6 Å². The molecule has 4 aromatic rings. The molecule has 180 valence electrons. The molecule has 7 heteroatoms. The Bertz CT molecular complexity index is 1340. The van der Waals surface area contributed by atoms with Crippen LogP contribution in [0.4, 0.5) is 4.39 Å². The number of amides is 1. The number of morpholine rings is 1. The Hall–Kier alpha value is -3.71. The number of rotatable bonds is 6. The van der Waals surface area contributed by atoms with Crippen molar-refractivity contribution in [2.24, 2.45) is 0 Å². The molecule has 1 aliphatic heterocycles. The number of pyridine rings is 1. The molecular formula is C28H28FN3O3. The molecule has 2 aromatic heterocycles. The van der Waals surface area contributed by atoms with E-state index in [1.54, 1.807) is 17.0 Å². The highest BCUT2D eigenvalue weighted by Crippen LogP contribution is 2.33. The highest BCUT2D eigenvalue weighted by molar-refractivity contribution is 5.99. The Morgan fingerprint density at radius 2 is 1.74 bits per heavy atom. The highest BCUT2D eigenvalue weighted by atomic mass is 19.1. The van der Waals surface area contributed by atoms with Crippen molar-refractivity contribution in [3.63, 3.8) is 0 Å². The van der Waals surface area contributed by atoms with Crippen LogP contribution in [0.3, 0.4) is 0 Å². The van der Waals surface area contributed by atoms with Crippen LogP contribution in [0.15, 0.2) is 60.7 Å². The minimum Gasteiger partial charge on any atom is -0.471 e. The van der Waals surface area contributed by atoms with Crippen LogP contribution in [0.25, 0.3) is 10.9 Å². The fourth-order valence-corrected chi connectivity index (χ4v) is 4.46. The molecule has 5 rings (SSSR count). The number of hydrogen-bond donors (Lipinski definition) is 0. The lowest BCUT2D eigenvalue weighted by Crippen LogP contribution is -2.41. The number of aromatic nitrogens is 2. The number of nitrogens with zero attached hydrogens (tertiary/aromatic N) is 3. The number of halogens is 1. The van der Waals surface area contributed by atoms with E-state index in [2.05, 4.69) is 30.5 Å². The van der Waals surface area contributed by atoms with Crippen molar-refractivity contribution in [3.8, 4) is 5.88 Å². The number of aryl methyl sites for hydroxylation is 1. The highest BCUT2D eigenvalue weighted by Gasteiger charge is 2.24. The van der Waals surface area contributed by atoms with Crippen LogP contribution >= 0.6 is 0 Å². The maximum Gasteiger partial charge on any atom is 0.272 e. The summed E-state index contributed by atoms with van der Waals surface area (Å²) in [5.74, 6) is -0.0272. The summed E-state index contributed by atoms with van der Waals surface area (Å²) < 4.78 is 27.2. The largest absolute Gasteiger partial charge is 0.471 e. The molecule has 0 unspecified atom stereocenters. The van der Waals surface area contributed by atoms with Gasteiger partial charge in [0.05, 0.1) is 13.2 Å². The maximum atomic E-state index is 13.4. The topological polar surface area (TPSA) is 56.6 Å². The van der Waals surface area contributed by atoms with Crippen LogP contribution in [-0.4, -0.2) is 46.7 Å². The monoisotopic (exact) mass is 473 g/mol. The standard InChI is InChI=1S/C28H28FN3O3/c1-19-20(2)32(17-21-6-4-3-5-7-21)26-24(19)16-25(28(33)31-12-14-34-15-13-31)30-27(26)35-18-22-8-10-23(29)11-9-22/h3-11,16H,12-15,17-18H2,1-2H3. The third-order valence-corrected chi connectivity index (χ3v) is 6.57. The molecule has 0 radical (unpaired) electrons. The smallest absolute Gasteiger partial charge is 0.272 e.